The Kier molecular flexibility index (Phi) is 6.72. The van der Waals surface area contributed by atoms with E-state index in [0.717, 1.165) is 28.2 Å². The molecule has 4 rings (SSSR count). The Morgan fingerprint density at radius 3 is 2.41 bits per heavy atom. The first-order valence-corrected chi connectivity index (χ1v) is 11.3. The molecule has 2 heterocycles. The molecule has 2 aromatic heterocycles. The molecular formula is C27H29N5O2. The topological polar surface area (TPSA) is 81.9 Å². The van der Waals surface area contributed by atoms with Crippen LogP contribution in [0.3, 0.4) is 0 Å². The minimum absolute atomic E-state index is 0.0218. The number of hydrogen-bond acceptors (Lipinski definition) is 5. The summed E-state index contributed by atoms with van der Waals surface area (Å²) >= 11 is 0. The first-order valence-electron chi connectivity index (χ1n) is 11.3. The number of hydrogen-bond donors (Lipinski definition) is 1. The number of anilines is 1. The van der Waals surface area contributed by atoms with Crippen molar-refractivity contribution in [1.29, 1.82) is 0 Å². The Morgan fingerprint density at radius 1 is 0.971 bits per heavy atom. The standard InChI is InChI=1S/C27H29N5O2/c1-17-7-6-8-22(15-17)9-14-26(33)30-23-10-12-24(13-11-23)34-27-16-25(28-21(5)29-27)32-20(4)18(2)19(3)31-32/h6-8,10-13,15-16H,9,14H2,1-5H3,(H,30,33). The molecular weight excluding hydrogens is 426 g/mol. The molecule has 7 heteroatoms. The van der Waals surface area contributed by atoms with Crippen LogP contribution in [0, 0.1) is 34.6 Å². The van der Waals surface area contributed by atoms with Gasteiger partial charge < -0.3 is 10.1 Å². The second-order valence-electron chi connectivity index (χ2n) is 8.48. The molecule has 0 bridgehead atoms. The maximum atomic E-state index is 12.3. The molecule has 0 unspecified atom stereocenters. The fourth-order valence-electron chi connectivity index (χ4n) is 3.71. The highest BCUT2D eigenvalue weighted by molar-refractivity contribution is 5.90. The summed E-state index contributed by atoms with van der Waals surface area (Å²) < 4.78 is 7.78. The van der Waals surface area contributed by atoms with Crippen molar-refractivity contribution in [2.24, 2.45) is 0 Å². The lowest BCUT2D eigenvalue weighted by Gasteiger charge is -2.10. The van der Waals surface area contributed by atoms with Crippen molar-refractivity contribution < 1.29 is 9.53 Å². The van der Waals surface area contributed by atoms with Gasteiger partial charge in [0.05, 0.1) is 5.69 Å². The predicted molar refractivity (Wildman–Crippen MR) is 133 cm³/mol. The summed E-state index contributed by atoms with van der Waals surface area (Å²) in [6.45, 7) is 9.92. The minimum atomic E-state index is -0.0218. The Morgan fingerprint density at radius 2 is 1.74 bits per heavy atom. The number of benzene rings is 2. The van der Waals surface area contributed by atoms with Gasteiger partial charge in [0.25, 0.3) is 0 Å². The van der Waals surface area contributed by atoms with Crippen molar-refractivity contribution in [2.75, 3.05) is 5.32 Å². The van der Waals surface area contributed by atoms with E-state index in [4.69, 9.17) is 4.74 Å². The summed E-state index contributed by atoms with van der Waals surface area (Å²) in [5.41, 5.74) is 6.21. The molecule has 0 saturated heterocycles. The molecule has 0 spiro atoms. The highest BCUT2D eigenvalue weighted by atomic mass is 16.5. The SMILES string of the molecule is Cc1cccc(CCC(=O)Nc2ccc(Oc3cc(-n4nc(C)c(C)c4C)nc(C)n3)cc2)c1. The summed E-state index contributed by atoms with van der Waals surface area (Å²) in [5, 5.41) is 7.52. The van der Waals surface area contributed by atoms with Crippen LogP contribution in [0.4, 0.5) is 5.69 Å². The van der Waals surface area contributed by atoms with Crippen LogP contribution in [0.5, 0.6) is 11.6 Å². The van der Waals surface area contributed by atoms with E-state index in [1.165, 1.54) is 5.56 Å². The lowest BCUT2D eigenvalue weighted by molar-refractivity contribution is -0.116. The van der Waals surface area contributed by atoms with Gasteiger partial charge in [0, 0.05) is 23.9 Å². The average Bonchev–Trinajstić information content (AvgIpc) is 3.06. The molecule has 0 aliphatic rings. The molecule has 0 aliphatic carbocycles. The quantitative estimate of drug-likeness (QED) is 0.394. The van der Waals surface area contributed by atoms with Crippen molar-refractivity contribution in [3.63, 3.8) is 0 Å². The number of ether oxygens (including phenoxy) is 1. The van der Waals surface area contributed by atoms with Gasteiger partial charge in [-0.2, -0.15) is 10.1 Å². The number of rotatable bonds is 7. The fourth-order valence-corrected chi connectivity index (χ4v) is 3.71. The summed E-state index contributed by atoms with van der Waals surface area (Å²) in [6.07, 6.45) is 1.13. The number of carbonyl (C=O) groups is 1. The van der Waals surface area contributed by atoms with E-state index < -0.39 is 0 Å². The van der Waals surface area contributed by atoms with Gasteiger partial charge in [0.1, 0.15) is 11.6 Å². The Balaban J connectivity index is 1.40. The molecule has 174 valence electrons. The van der Waals surface area contributed by atoms with Gasteiger partial charge in [-0.15, -0.1) is 0 Å². The van der Waals surface area contributed by atoms with E-state index in [0.29, 0.717) is 36.1 Å². The highest BCUT2D eigenvalue weighted by Crippen LogP contribution is 2.24. The lowest BCUT2D eigenvalue weighted by atomic mass is 10.1. The van der Waals surface area contributed by atoms with Crippen LogP contribution in [0.25, 0.3) is 5.82 Å². The largest absolute Gasteiger partial charge is 0.439 e. The molecule has 0 atom stereocenters. The number of carbonyl (C=O) groups excluding carboxylic acids is 1. The van der Waals surface area contributed by atoms with E-state index in [9.17, 15) is 4.79 Å². The smallest absolute Gasteiger partial charge is 0.224 e. The number of aryl methyl sites for hydroxylation is 4. The van der Waals surface area contributed by atoms with Gasteiger partial charge in [0.2, 0.25) is 11.8 Å². The number of nitrogens with zero attached hydrogens (tertiary/aromatic N) is 4. The van der Waals surface area contributed by atoms with E-state index >= 15 is 0 Å². The maximum absolute atomic E-state index is 12.3. The van der Waals surface area contributed by atoms with Crippen LogP contribution in [-0.4, -0.2) is 25.7 Å². The maximum Gasteiger partial charge on any atom is 0.224 e. The summed E-state index contributed by atoms with van der Waals surface area (Å²) in [4.78, 5) is 21.3. The van der Waals surface area contributed by atoms with Crippen molar-refractivity contribution in [2.45, 2.75) is 47.5 Å². The van der Waals surface area contributed by atoms with E-state index in [2.05, 4.69) is 39.4 Å². The second kappa shape index (κ2) is 9.87. The van der Waals surface area contributed by atoms with Gasteiger partial charge in [0.15, 0.2) is 5.82 Å². The number of aromatic nitrogens is 4. The second-order valence-corrected chi connectivity index (χ2v) is 8.48. The monoisotopic (exact) mass is 455 g/mol. The zero-order valence-electron chi connectivity index (χ0n) is 20.2. The molecule has 0 aliphatic heterocycles. The number of amides is 1. The van der Waals surface area contributed by atoms with E-state index in [-0.39, 0.29) is 5.91 Å². The molecule has 7 nitrogen and oxygen atoms in total. The number of nitrogens with one attached hydrogen (secondary N) is 1. The zero-order valence-corrected chi connectivity index (χ0v) is 20.2. The van der Waals surface area contributed by atoms with Crippen LogP contribution < -0.4 is 10.1 Å². The Labute approximate surface area is 199 Å². The van der Waals surface area contributed by atoms with Gasteiger partial charge in [-0.05, 0) is 76.4 Å². The van der Waals surface area contributed by atoms with Crippen LogP contribution in [-0.2, 0) is 11.2 Å². The van der Waals surface area contributed by atoms with Crippen LogP contribution in [0.2, 0.25) is 0 Å². The third-order valence-electron chi connectivity index (χ3n) is 5.75. The lowest BCUT2D eigenvalue weighted by Crippen LogP contribution is -2.12. The molecule has 1 amide bonds. The van der Waals surface area contributed by atoms with Crippen LogP contribution in [0.1, 0.15) is 40.3 Å². The Bertz CT molecular complexity index is 1330. The predicted octanol–water partition coefficient (Wildman–Crippen LogP) is 5.57. The average molecular weight is 456 g/mol. The third-order valence-corrected chi connectivity index (χ3v) is 5.75. The highest BCUT2D eigenvalue weighted by Gasteiger charge is 2.13. The first-order chi connectivity index (χ1) is 16.3. The Hall–Kier alpha value is -4.00. The first kappa shape index (κ1) is 23.2. The summed E-state index contributed by atoms with van der Waals surface area (Å²) in [5.74, 6) is 2.28. The molecule has 4 aromatic rings. The molecule has 0 radical (unpaired) electrons. The molecule has 1 N–H and O–H groups in total. The van der Waals surface area contributed by atoms with E-state index in [1.54, 1.807) is 18.2 Å². The zero-order chi connectivity index (χ0) is 24.2. The molecule has 0 fully saturated rings. The van der Waals surface area contributed by atoms with E-state index in [1.807, 2.05) is 56.6 Å². The van der Waals surface area contributed by atoms with Crippen molar-refractivity contribution in [1.82, 2.24) is 19.7 Å². The van der Waals surface area contributed by atoms with Crippen molar-refractivity contribution in [3.05, 3.63) is 88.5 Å². The summed E-state index contributed by atoms with van der Waals surface area (Å²) in [6, 6.07) is 17.2. The van der Waals surface area contributed by atoms with Crippen LogP contribution in [0.15, 0.2) is 54.6 Å². The molecule has 34 heavy (non-hydrogen) atoms. The van der Waals surface area contributed by atoms with Gasteiger partial charge in [-0.1, -0.05) is 29.8 Å². The van der Waals surface area contributed by atoms with Crippen molar-refractivity contribution in [3.8, 4) is 17.4 Å². The summed E-state index contributed by atoms with van der Waals surface area (Å²) in [7, 11) is 0. The van der Waals surface area contributed by atoms with Gasteiger partial charge >= 0.3 is 0 Å². The van der Waals surface area contributed by atoms with Crippen molar-refractivity contribution >= 4 is 11.6 Å². The molecule has 2 aromatic carbocycles. The normalized spacial score (nSPS) is 10.9. The van der Waals surface area contributed by atoms with Crippen LogP contribution >= 0.6 is 0 Å². The third kappa shape index (κ3) is 5.49. The van der Waals surface area contributed by atoms with Gasteiger partial charge in [-0.3, -0.25) is 4.79 Å². The van der Waals surface area contributed by atoms with Gasteiger partial charge in [-0.25, -0.2) is 9.67 Å². The molecule has 0 saturated carbocycles. The minimum Gasteiger partial charge on any atom is -0.439 e. The fraction of sp³-hybridized carbons (Fsp3) is 0.259.